The lowest BCUT2D eigenvalue weighted by atomic mass is 9.76. The van der Waals surface area contributed by atoms with Crippen LogP contribution in [0.2, 0.25) is 5.02 Å². The van der Waals surface area contributed by atoms with E-state index in [4.69, 9.17) is 17.3 Å². The highest BCUT2D eigenvalue weighted by Gasteiger charge is 2.46. The molecule has 0 aliphatic heterocycles. The van der Waals surface area contributed by atoms with Crippen LogP contribution in [0.25, 0.3) is 0 Å². The van der Waals surface area contributed by atoms with Gasteiger partial charge in [-0.25, -0.2) is 0 Å². The summed E-state index contributed by atoms with van der Waals surface area (Å²) in [6, 6.07) is 5.31. The van der Waals surface area contributed by atoms with E-state index in [-0.39, 0.29) is 5.92 Å². The molecule has 0 radical (unpaired) electrons. The van der Waals surface area contributed by atoms with Crippen LogP contribution in [0.5, 0.6) is 0 Å². The van der Waals surface area contributed by atoms with E-state index in [9.17, 15) is 9.90 Å². The maximum Gasteiger partial charge on any atom is 0.311 e. The Kier molecular flexibility index (Phi) is 3.17. The second kappa shape index (κ2) is 4.71. The van der Waals surface area contributed by atoms with Crippen LogP contribution >= 0.6 is 11.6 Å². The molecule has 0 saturated heterocycles. The van der Waals surface area contributed by atoms with Crippen molar-refractivity contribution in [3.8, 4) is 0 Å². The third-order valence-electron chi connectivity index (χ3n) is 4.91. The zero-order valence-corrected chi connectivity index (χ0v) is 11.4. The van der Waals surface area contributed by atoms with Crippen LogP contribution < -0.4 is 5.73 Å². The van der Waals surface area contributed by atoms with Crippen LogP contribution in [0.4, 0.5) is 5.69 Å². The second-order valence-electron chi connectivity index (χ2n) is 5.90. The maximum atomic E-state index is 11.7. The molecule has 19 heavy (non-hydrogen) atoms. The molecule has 2 bridgehead atoms. The van der Waals surface area contributed by atoms with Crippen LogP contribution in [-0.2, 0) is 4.79 Å². The summed E-state index contributed by atoms with van der Waals surface area (Å²) in [5.41, 5.74) is 7.11. The molecule has 1 aromatic rings. The standard InChI is InChI=1S/C15H18ClNO2/c16-12-3-1-2-10(14(12)17)13(15(18)19)11-7-8-4-5-9(11)6-8/h1-3,8-9,11,13H,4-7,17H2,(H,18,19). The summed E-state index contributed by atoms with van der Waals surface area (Å²) in [5.74, 6) is 0.208. The molecular weight excluding hydrogens is 262 g/mol. The lowest BCUT2D eigenvalue weighted by Gasteiger charge is -2.28. The van der Waals surface area contributed by atoms with Crippen molar-refractivity contribution in [3.63, 3.8) is 0 Å². The number of hydrogen-bond donors (Lipinski definition) is 2. The zero-order valence-electron chi connectivity index (χ0n) is 10.7. The van der Waals surface area contributed by atoms with Crippen LogP contribution in [-0.4, -0.2) is 11.1 Å². The monoisotopic (exact) mass is 279 g/mol. The molecule has 3 nitrogen and oxygen atoms in total. The predicted molar refractivity (Wildman–Crippen MR) is 75.2 cm³/mol. The van der Waals surface area contributed by atoms with Gasteiger partial charge in [-0.2, -0.15) is 0 Å². The molecule has 3 rings (SSSR count). The van der Waals surface area contributed by atoms with Gasteiger partial charge in [-0.1, -0.05) is 30.2 Å². The molecule has 4 heteroatoms. The van der Waals surface area contributed by atoms with Gasteiger partial charge in [0.25, 0.3) is 0 Å². The molecule has 2 saturated carbocycles. The predicted octanol–water partition coefficient (Wildman–Crippen LogP) is 3.53. The van der Waals surface area contributed by atoms with Gasteiger partial charge in [-0.3, -0.25) is 4.79 Å². The molecule has 1 aromatic carbocycles. The first kappa shape index (κ1) is 12.8. The minimum Gasteiger partial charge on any atom is -0.481 e. The number of carbonyl (C=O) groups is 1. The van der Waals surface area contributed by atoms with Gasteiger partial charge in [-0.15, -0.1) is 0 Å². The Balaban J connectivity index is 1.97. The van der Waals surface area contributed by atoms with Crippen molar-refractivity contribution in [1.29, 1.82) is 0 Å². The summed E-state index contributed by atoms with van der Waals surface area (Å²) in [5, 5.41) is 10.1. The van der Waals surface area contributed by atoms with Gasteiger partial charge in [0, 0.05) is 0 Å². The highest BCUT2D eigenvalue weighted by Crippen LogP contribution is 2.54. The second-order valence-corrected chi connectivity index (χ2v) is 6.30. The number of benzene rings is 1. The van der Waals surface area contributed by atoms with E-state index in [1.165, 1.54) is 19.3 Å². The number of anilines is 1. The Bertz CT molecular complexity index is 517. The number of aliphatic carboxylic acids is 1. The summed E-state index contributed by atoms with van der Waals surface area (Å²) >= 11 is 6.03. The third-order valence-corrected chi connectivity index (χ3v) is 5.24. The molecule has 2 aliphatic rings. The van der Waals surface area contributed by atoms with Crippen molar-refractivity contribution in [2.24, 2.45) is 17.8 Å². The van der Waals surface area contributed by atoms with Crippen molar-refractivity contribution in [1.82, 2.24) is 0 Å². The SMILES string of the molecule is Nc1c(Cl)cccc1C(C(=O)O)C1CC2CCC1C2. The van der Waals surface area contributed by atoms with Gasteiger partial charge >= 0.3 is 5.97 Å². The highest BCUT2D eigenvalue weighted by molar-refractivity contribution is 6.33. The lowest BCUT2D eigenvalue weighted by Crippen LogP contribution is -2.26. The average molecular weight is 280 g/mol. The first-order valence-corrected chi connectivity index (χ1v) is 7.22. The summed E-state index contributed by atoms with van der Waals surface area (Å²) in [4.78, 5) is 11.7. The van der Waals surface area contributed by atoms with E-state index in [2.05, 4.69) is 0 Å². The molecule has 0 heterocycles. The fourth-order valence-corrected chi connectivity index (χ4v) is 4.26. The normalized spacial score (nSPS) is 30.5. The molecule has 4 atom stereocenters. The van der Waals surface area contributed by atoms with Crippen molar-refractivity contribution >= 4 is 23.3 Å². The van der Waals surface area contributed by atoms with Gasteiger partial charge in [0.05, 0.1) is 16.6 Å². The summed E-state index contributed by atoms with van der Waals surface area (Å²) in [6.07, 6.45) is 4.64. The van der Waals surface area contributed by atoms with Crippen molar-refractivity contribution in [3.05, 3.63) is 28.8 Å². The lowest BCUT2D eigenvalue weighted by molar-refractivity contribution is -0.140. The Labute approximate surface area is 117 Å². The van der Waals surface area contributed by atoms with E-state index in [0.29, 0.717) is 22.2 Å². The van der Waals surface area contributed by atoms with Gasteiger partial charge in [0.2, 0.25) is 0 Å². The van der Waals surface area contributed by atoms with Gasteiger partial charge in [-0.05, 0) is 48.6 Å². The van der Waals surface area contributed by atoms with E-state index >= 15 is 0 Å². The number of hydrogen-bond acceptors (Lipinski definition) is 2. The minimum absolute atomic E-state index is 0.219. The van der Waals surface area contributed by atoms with Gasteiger partial charge in [0.15, 0.2) is 0 Å². The average Bonchev–Trinajstić information content (AvgIpc) is 2.97. The number of nitrogens with two attached hydrogens (primary N) is 1. The zero-order chi connectivity index (χ0) is 13.6. The van der Waals surface area contributed by atoms with Gasteiger partial charge in [0.1, 0.15) is 0 Å². The van der Waals surface area contributed by atoms with Crippen LogP contribution in [0, 0.1) is 17.8 Å². The maximum absolute atomic E-state index is 11.7. The number of rotatable bonds is 3. The smallest absolute Gasteiger partial charge is 0.311 e. The Morgan fingerprint density at radius 3 is 2.74 bits per heavy atom. The third kappa shape index (κ3) is 2.10. The fourth-order valence-electron chi connectivity index (χ4n) is 4.07. The molecule has 0 aromatic heterocycles. The topological polar surface area (TPSA) is 63.3 Å². The number of halogens is 1. The van der Waals surface area contributed by atoms with Crippen LogP contribution in [0.15, 0.2) is 18.2 Å². The molecule has 4 unspecified atom stereocenters. The summed E-state index contributed by atoms with van der Waals surface area (Å²) < 4.78 is 0. The molecule has 102 valence electrons. The molecule has 3 N–H and O–H groups in total. The first-order valence-electron chi connectivity index (χ1n) is 6.84. The van der Waals surface area contributed by atoms with E-state index < -0.39 is 11.9 Å². The van der Waals surface area contributed by atoms with Crippen LogP contribution in [0.1, 0.15) is 37.2 Å². The molecular formula is C15H18ClNO2. The number of fused-ring (bicyclic) bond motifs is 2. The van der Waals surface area contributed by atoms with Crippen LogP contribution in [0.3, 0.4) is 0 Å². The van der Waals surface area contributed by atoms with E-state index in [0.717, 1.165) is 12.3 Å². The Morgan fingerprint density at radius 2 is 2.16 bits per heavy atom. The van der Waals surface area contributed by atoms with Crippen molar-refractivity contribution in [2.75, 3.05) is 5.73 Å². The molecule has 0 amide bonds. The Hall–Kier alpha value is -1.22. The Morgan fingerprint density at radius 1 is 1.37 bits per heavy atom. The quantitative estimate of drug-likeness (QED) is 0.832. The molecule has 2 fully saturated rings. The van der Waals surface area contributed by atoms with Crippen molar-refractivity contribution < 1.29 is 9.90 Å². The number of carboxylic acids is 1. The summed E-state index contributed by atoms with van der Waals surface area (Å²) in [7, 11) is 0. The molecule has 2 aliphatic carbocycles. The van der Waals surface area contributed by atoms with E-state index in [1.54, 1.807) is 12.1 Å². The highest BCUT2D eigenvalue weighted by atomic mass is 35.5. The minimum atomic E-state index is -0.772. The number of nitrogen functional groups attached to an aromatic ring is 1. The first-order chi connectivity index (χ1) is 9.08. The fraction of sp³-hybridized carbons (Fsp3) is 0.533. The number of carboxylic acid groups (broad SMARTS) is 1. The molecule has 0 spiro atoms. The van der Waals surface area contributed by atoms with Crippen molar-refractivity contribution in [2.45, 2.75) is 31.6 Å². The van der Waals surface area contributed by atoms with Gasteiger partial charge < -0.3 is 10.8 Å². The van der Waals surface area contributed by atoms with E-state index in [1.807, 2.05) is 6.07 Å². The largest absolute Gasteiger partial charge is 0.481 e. The summed E-state index contributed by atoms with van der Waals surface area (Å²) in [6.45, 7) is 0. The number of para-hydroxylation sites is 1.